The highest BCUT2D eigenvalue weighted by Gasteiger charge is 2.20. The Morgan fingerprint density at radius 3 is 3.25 bits per heavy atom. The van der Waals surface area contributed by atoms with E-state index in [1.165, 1.54) is 0 Å². The molecule has 0 aromatic heterocycles. The summed E-state index contributed by atoms with van der Waals surface area (Å²) in [4.78, 5) is 10.8. The van der Waals surface area contributed by atoms with Gasteiger partial charge in [0, 0.05) is 11.5 Å². The van der Waals surface area contributed by atoms with Crippen LogP contribution in [0, 0.1) is 5.92 Å². The van der Waals surface area contributed by atoms with Gasteiger partial charge in [-0.05, 0) is 11.6 Å². The summed E-state index contributed by atoms with van der Waals surface area (Å²) in [5, 5.41) is 0. The number of fused-ring (bicyclic) bond motifs is 1. The van der Waals surface area contributed by atoms with Gasteiger partial charge >= 0.3 is 0 Å². The fraction of sp³-hybridized carbons (Fsp3) is 0.222. The third-order valence-corrected chi connectivity index (χ3v) is 2.04. The lowest BCUT2D eigenvalue weighted by molar-refractivity contribution is -0.114. The molecular weight excluding hydrogens is 154 g/mol. The van der Waals surface area contributed by atoms with Crippen LogP contribution in [0.2, 0.25) is 0 Å². The fourth-order valence-electron chi connectivity index (χ4n) is 1.34. The van der Waals surface area contributed by atoms with E-state index < -0.39 is 5.91 Å². The number of allylic oxidation sites excluding steroid dienone is 1. The predicted molar refractivity (Wildman–Crippen MR) is 43.9 cm³/mol. The molecule has 1 heterocycles. The fourth-order valence-corrected chi connectivity index (χ4v) is 1.34. The molecule has 0 aromatic rings. The van der Waals surface area contributed by atoms with Crippen molar-refractivity contribution in [2.45, 2.75) is 0 Å². The van der Waals surface area contributed by atoms with Crippen molar-refractivity contribution in [1.82, 2.24) is 0 Å². The molecular formula is C9H9NO2. The minimum Gasteiger partial charge on any atom is -0.500 e. The van der Waals surface area contributed by atoms with Crippen molar-refractivity contribution in [3.05, 3.63) is 35.6 Å². The van der Waals surface area contributed by atoms with E-state index in [1.807, 2.05) is 6.08 Å². The van der Waals surface area contributed by atoms with E-state index in [0.29, 0.717) is 18.1 Å². The number of primary amides is 1. The molecule has 0 aromatic carbocycles. The van der Waals surface area contributed by atoms with Gasteiger partial charge in [-0.1, -0.05) is 12.2 Å². The second kappa shape index (κ2) is 2.52. The van der Waals surface area contributed by atoms with Crippen LogP contribution < -0.4 is 5.73 Å². The van der Waals surface area contributed by atoms with E-state index in [-0.39, 0.29) is 0 Å². The Hall–Kier alpha value is -1.51. The zero-order chi connectivity index (χ0) is 8.55. The molecule has 0 spiro atoms. The van der Waals surface area contributed by atoms with Crippen LogP contribution >= 0.6 is 0 Å². The van der Waals surface area contributed by atoms with Crippen LogP contribution in [0.25, 0.3) is 0 Å². The van der Waals surface area contributed by atoms with Gasteiger partial charge in [-0.15, -0.1) is 0 Å². The zero-order valence-electron chi connectivity index (χ0n) is 6.49. The first kappa shape index (κ1) is 7.16. The Morgan fingerprint density at radius 2 is 2.50 bits per heavy atom. The van der Waals surface area contributed by atoms with E-state index in [4.69, 9.17) is 10.5 Å². The lowest BCUT2D eigenvalue weighted by Crippen LogP contribution is -2.15. The Kier molecular flexibility index (Phi) is 1.50. The van der Waals surface area contributed by atoms with Gasteiger partial charge in [-0.3, -0.25) is 4.79 Å². The first-order valence-corrected chi connectivity index (χ1v) is 3.79. The maximum Gasteiger partial charge on any atom is 0.248 e. The molecule has 0 fully saturated rings. The van der Waals surface area contributed by atoms with Crippen molar-refractivity contribution in [3.63, 3.8) is 0 Å². The van der Waals surface area contributed by atoms with Crippen molar-refractivity contribution in [3.8, 4) is 0 Å². The van der Waals surface area contributed by atoms with Crippen LogP contribution in [-0.2, 0) is 9.53 Å². The molecule has 0 bridgehead atoms. The van der Waals surface area contributed by atoms with E-state index in [1.54, 1.807) is 18.4 Å². The lowest BCUT2D eigenvalue weighted by atomic mass is 9.94. The van der Waals surface area contributed by atoms with Crippen LogP contribution in [0.15, 0.2) is 35.6 Å². The van der Waals surface area contributed by atoms with E-state index in [9.17, 15) is 4.79 Å². The van der Waals surface area contributed by atoms with Gasteiger partial charge in [0.1, 0.15) is 0 Å². The first-order chi connectivity index (χ1) is 5.77. The summed E-state index contributed by atoms with van der Waals surface area (Å²) in [5.41, 5.74) is 6.70. The van der Waals surface area contributed by atoms with E-state index >= 15 is 0 Å². The van der Waals surface area contributed by atoms with E-state index in [2.05, 4.69) is 0 Å². The monoisotopic (exact) mass is 163 g/mol. The van der Waals surface area contributed by atoms with Crippen LogP contribution in [0.4, 0.5) is 0 Å². The molecule has 2 rings (SSSR count). The highest BCUT2D eigenvalue weighted by atomic mass is 16.5. The second-order valence-corrected chi connectivity index (χ2v) is 2.88. The molecule has 1 atom stereocenters. The van der Waals surface area contributed by atoms with Crippen LogP contribution in [0.5, 0.6) is 0 Å². The number of amides is 1. The lowest BCUT2D eigenvalue weighted by Gasteiger charge is -2.09. The number of carbonyl (C=O) groups excluding carboxylic acids is 1. The number of hydrogen-bond acceptors (Lipinski definition) is 2. The molecule has 1 amide bonds. The number of ether oxygens (including phenoxy) is 1. The van der Waals surface area contributed by atoms with Gasteiger partial charge in [-0.25, -0.2) is 0 Å². The number of hydrogen-bond donors (Lipinski definition) is 1. The third kappa shape index (κ3) is 1.03. The highest BCUT2D eigenvalue weighted by molar-refractivity contribution is 5.95. The highest BCUT2D eigenvalue weighted by Crippen LogP contribution is 2.26. The normalized spacial score (nSPS) is 25.5. The molecule has 62 valence electrons. The van der Waals surface area contributed by atoms with E-state index in [0.717, 1.165) is 5.57 Å². The number of rotatable bonds is 1. The molecule has 1 aliphatic heterocycles. The van der Waals surface area contributed by atoms with Gasteiger partial charge < -0.3 is 10.5 Å². The summed E-state index contributed by atoms with van der Waals surface area (Å²) in [6.07, 6.45) is 7.15. The van der Waals surface area contributed by atoms with Crippen LogP contribution in [-0.4, -0.2) is 12.5 Å². The molecule has 2 aliphatic rings. The summed E-state index contributed by atoms with van der Waals surface area (Å²) in [5.74, 6) is -0.0781. The number of nitrogens with two attached hydrogens (primary N) is 1. The SMILES string of the molecule is NC(=O)C1=CC2=COCC2C=C1. The van der Waals surface area contributed by atoms with Crippen molar-refractivity contribution in [2.75, 3.05) is 6.61 Å². The Bertz CT molecular complexity index is 312. The van der Waals surface area contributed by atoms with Gasteiger partial charge in [-0.2, -0.15) is 0 Å². The molecule has 0 saturated heterocycles. The molecule has 1 unspecified atom stereocenters. The topological polar surface area (TPSA) is 52.3 Å². The quantitative estimate of drug-likeness (QED) is 0.612. The van der Waals surface area contributed by atoms with Gasteiger partial charge in [0.15, 0.2) is 0 Å². The number of carbonyl (C=O) groups is 1. The summed E-state index contributed by atoms with van der Waals surface area (Å²) < 4.78 is 5.11. The van der Waals surface area contributed by atoms with Gasteiger partial charge in [0.2, 0.25) is 5.91 Å². The molecule has 12 heavy (non-hydrogen) atoms. The molecule has 0 saturated carbocycles. The molecule has 2 N–H and O–H groups in total. The standard InChI is InChI=1S/C9H9NO2/c10-9(11)6-1-2-7-4-12-5-8(7)3-6/h1-3,5,7H,4H2,(H2,10,11). The van der Waals surface area contributed by atoms with Gasteiger partial charge in [0.05, 0.1) is 12.9 Å². The van der Waals surface area contributed by atoms with Crippen LogP contribution in [0.1, 0.15) is 0 Å². The average Bonchev–Trinajstić information content (AvgIpc) is 2.49. The summed E-state index contributed by atoms with van der Waals surface area (Å²) in [7, 11) is 0. The maximum atomic E-state index is 10.8. The average molecular weight is 163 g/mol. The minimum absolute atomic E-state index is 0.313. The predicted octanol–water partition coefficient (Wildman–Crippen LogP) is 0.498. The molecule has 3 nitrogen and oxygen atoms in total. The molecule has 3 heteroatoms. The zero-order valence-corrected chi connectivity index (χ0v) is 6.49. The van der Waals surface area contributed by atoms with Gasteiger partial charge in [0.25, 0.3) is 0 Å². The molecule has 1 aliphatic carbocycles. The van der Waals surface area contributed by atoms with Crippen molar-refractivity contribution >= 4 is 5.91 Å². The second-order valence-electron chi connectivity index (χ2n) is 2.88. The summed E-state index contributed by atoms with van der Waals surface area (Å²) in [6, 6.07) is 0. The maximum absolute atomic E-state index is 10.8. The third-order valence-electron chi connectivity index (χ3n) is 2.04. The van der Waals surface area contributed by atoms with Crippen molar-refractivity contribution in [1.29, 1.82) is 0 Å². The van der Waals surface area contributed by atoms with Crippen molar-refractivity contribution in [2.24, 2.45) is 11.7 Å². The largest absolute Gasteiger partial charge is 0.500 e. The first-order valence-electron chi connectivity index (χ1n) is 3.79. The van der Waals surface area contributed by atoms with Crippen LogP contribution in [0.3, 0.4) is 0 Å². The Morgan fingerprint density at radius 1 is 1.67 bits per heavy atom. The Labute approximate surface area is 70.2 Å². The minimum atomic E-state index is -0.391. The Balaban J connectivity index is 2.31. The van der Waals surface area contributed by atoms with Crippen molar-refractivity contribution < 1.29 is 9.53 Å². The smallest absolute Gasteiger partial charge is 0.248 e. The summed E-state index contributed by atoms with van der Waals surface area (Å²) in [6.45, 7) is 0.675. The molecule has 0 radical (unpaired) electrons. The summed E-state index contributed by atoms with van der Waals surface area (Å²) >= 11 is 0.